The molecule has 0 fully saturated rings. The van der Waals surface area contributed by atoms with Crippen LogP contribution in [0.4, 0.5) is 0 Å². The normalized spacial score (nSPS) is 10.6. The number of nitrogens with zero attached hydrogens (tertiary/aromatic N) is 2. The van der Waals surface area contributed by atoms with Crippen LogP contribution in [0, 0.1) is 6.92 Å². The van der Waals surface area contributed by atoms with E-state index in [9.17, 15) is 5.11 Å². The molecule has 0 atom stereocenters. The van der Waals surface area contributed by atoms with Gasteiger partial charge in [-0.1, -0.05) is 29.8 Å². The van der Waals surface area contributed by atoms with E-state index in [2.05, 4.69) is 24.2 Å². The molecule has 0 saturated carbocycles. The van der Waals surface area contributed by atoms with Crippen LogP contribution in [-0.4, -0.2) is 14.9 Å². The first kappa shape index (κ1) is 9.93. The topological polar surface area (TPSA) is 38.0 Å². The van der Waals surface area contributed by atoms with Crippen molar-refractivity contribution in [3.05, 3.63) is 41.7 Å². The number of hydrogen-bond acceptors (Lipinski definition) is 2. The fourth-order valence-electron chi connectivity index (χ4n) is 1.63. The van der Waals surface area contributed by atoms with Crippen LogP contribution in [-0.2, 0) is 13.7 Å². The van der Waals surface area contributed by atoms with Gasteiger partial charge in [0.25, 0.3) is 0 Å². The number of aliphatic hydroxyl groups excluding tert-OH is 1. The highest BCUT2D eigenvalue weighted by Gasteiger charge is 2.08. The van der Waals surface area contributed by atoms with Gasteiger partial charge in [-0.15, -0.1) is 0 Å². The van der Waals surface area contributed by atoms with E-state index in [0.29, 0.717) is 0 Å². The molecule has 0 aliphatic carbocycles. The van der Waals surface area contributed by atoms with E-state index in [1.807, 2.05) is 25.4 Å². The first-order chi connectivity index (χ1) is 7.20. The predicted octanol–water partition coefficient (Wildman–Crippen LogP) is 1.89. The highest BCUT2D eigenvalue weighted by Crippen LogP contribution is 2.22. The summed E-state index contributed by atoms with van der Waals surface area (Å²) in [5.41, 5.74) is 4.05. The third-order valence-electron chi connectivity index (χ3n) is 2.42. The van der Waals surface area contributed by atoms with Crippen LogP contribution in [0.25, 0.3) is 11.1 Å². The van der Waals surface area contributed by atoms with Crippen LogP contribution < -0.4 is 0 Å². The Morgan fingerprint density at radius 1 is 1.27 bits per heavy atom. The summed E-state index contributed by atoms with van der Waals surface area (Å²) >= 11 is 0. The SMILES string of the molecule is Cc1ccc(-c2cn(C)nc2CO)cc1. The molecule has 1 aromatic heterocycles. The van der Waals surface area contributed by atoms with E-state index in [4.69, 9.17) is 0 Å². The molecule has 15 heavy (non-hydrogen) atoms. The van der Waals surface area contributed by atoms with Crippen molar-refractivity contribution in [3.63, 3.8) is 0 Å². The number of aromatic nitrogens is 2. The molecule has 0 aliphatic heterocycles. The Hall–Kier alpha value is -1.61. The minimum absolute atomic E-state index is 0.0238. The summed E-state index contributed by atoms with van der Waals surface area (Å²) in [6, 6.07) is 8.21. The van der Waals surface area contributed by atoms with Gasteiger partial charge in [0.15, 0.2) is 0 Å². The summed E-state index contributed by atoms with van der Waals surface area (Å²) in [4.78, 5) is 0. The van der Waals surface area contributed by atoms with Crippen LogP contribution in [0.5, 0.6) is 0 Å². The molecule has 78 valence electrons. The molecule has 0 aliphatic rings. The highest BCUT2D eigenvalue weighted by molar-refractivity contribution is 5.65. The lowest BCUT2D eigenvalue weighted by molar-refractivity contribution is 0.276. The van der Waals surface area contributed by atoms with Crippen LogP contribution in [0.3, 0.4) is 0 Å². The second kappa shape index (κ2) is 3.87. The van der Waals surface area contributed by atoms with Gasteiger partial charge in [0.2, 0.25) is 0 Å². The molecule has 0 saturated heterocycles. The summed E-state index contributed by atoms with van der Waals surface area (Å²) in [6.07, 6.45) is 1.93. The highest BCUT2D eigenvalue weighted by atomic mass is 16.3. The molecule has 0 unspecified atom stereocenters. The zero-order chi connectivity index (χ0) is 10.8. The van der Waals surface area contributed by atoms with Gasteiger partial charge in [-0.3, -0.25) is 4.68 Å². The Morgan fingerprint density at radius 3 is 2.53 bits per heavy atom. The molecular formula is C12H14N2O. The van der Waals surface area contributed by atoms with Crippen molar-refractivity contribution in [1.29, 1.82) is 0 Å². The molecule has 1 heterocycles. The van der Waals surface area contributed by atoms with E-state index >= 15 is 0 Å². The van der Waals surface area contributed by atoms with E-state index in [1.54, 1.807) is 4.68 Å². The van der Waals surface area contributed by atoms with Crippen molar-refractivity contribution in [2.24, 2.45) is 7.05 Å². The van der Waals surface area contributed by atoms with Crippen molar-refractivity contribution >= 4 is 0 Å². The van der Waals surface area contributed by atoms with Crippen LogP contribution >= 0.6 is 0 Å². The Balaban J connectivity index is 2.48. The van der Waals surface area contributed by atoms with Gasteiger partial charge >= 0.3 is 0 Å². The van der Waals surface area contributed by atoms with Gasteiger partial charge in [-0.05, 0) is 12.5 Å². The van der Waals surface area contributed by atoms with Gasteiger partial charge in [0, 0.05) is 18.8 Å². The van der Waals surface area contributed by atoms with Crippen molar-refractivity contribution in [3.8, 4) is 11.1 Å². The van der Waals surface area contributed by atoms with E-state index < -0.39 is 0 Å². The zero-order valence-corrected chi connectivity index (χ0v) is 8.94. The molecular weight excluding hydrogens is 188 g/mol. The maximum atomic E-state index is 9.17. The lowest BCUT2D eigenvalue weighted by Crippen LogP contribution is -1.90. The summed E-state index contributed by atoms with van der Waals surface area (Å²) in [5, 5.41) is 13.4. The summed E-state index contributed by atoms with van der Waals surface area (Å²) in [6.45, 7) is 2.03. The fraction of sp³-hybridized carbons (Fsp3) is 0.250. The Kier molecular flexibility index (Phi) is 2.56. The summed E-state index contributed by atoms with van der Waals surface area (Å²) in [7, 11) is 1.86. The minimum atomic E-state index is -0.0238. The number of rotatable bonds is 2. The van der Waals surface area contributed by atoms with Crippen LogP contribution in [0.15, 0.2) is 30.5 Å². The Morgan fingerprint density at radius 2 is 1.93 bits per heavy atom. The summed E-state index contributed by atoms with van der Waals surface area (Å²) in [5.74, 6) is 0. The first-order valence-electron chi connectivity index (χ1n) is 4.91. The standard InChI is InChI=1S/C12H14N2O/c1-9-3-5-10(6-4-9)11-7-14(2)13-12(11)8-15/h3-7,15H,8H2,1-2H3. The Labute approximate surface area is 89.0 Å². The van der Waals surface area contributed by atoms with Gasteiger partial charge < -0.3 is 5.11 Å². The zero-order valence-electron chi connectivity index (χ0n) is 8.94. The molecule has 3 nitrogen and oxygen atoms in total. The quantitative estimate of drug-likeness (QED) is 0.807. The van der Waals surface area contributed by atoms with Crippen molar-refractivity contribution in [1.82, 2.24) is 9.78 Å². The predicted molar refractivity (Wildman–Crippen MR) is 59.3 cm³/mol. The number of hydrogen-bond donors (Lipinski definition) is 1. The van der Waals surface area contributed by atoms with E-state index in [0.717, 1.165) is 16.8 Å². The fourth-order valence-corrected chi connectivity index (χ4v) is 1.63. The van der Waals surface area contributed by atoms with E-state index in [1.165, 1.54) is 5.56 Å². The molecule has 0 amide bonds. The minimum Gasteiger partial charge on any atom is -0.390 e. The Bertz CT molecular complexity index is 457. The average Bonchev–Trinajstić information content (AvgIpc) is 2.61. The molecule has 2 rings (SSSR count). The van der Waals surface area contributed by atoms with E-state index in [-0.39, 0.29) is 6.61 Å². The molecule has 0 bridgehead atoms. The van der Waals surface area contributed by atoms with Crippen molar-refractivity contribution in [2.45, 2.75) is 13.5 Å². The monoisotopic (exact) mass is 202 g/mol. The maximum Gasteiger partial charge on any atom is 0.0957 e. The molecule has 0 spiro atoms. The third kappa shape index (κ3) is 1.92. The second-order valence-corrected chi connectivity index (χ2v) is 3.69. The van der Waals surface area contributed by atoms with Gasteiger partial charge in [0.1, 0.15) is 0 Å². The second-order valence-electron chi connectivity index (χ2n) is 3.69. The number of aryl methyl sites for hydroxylation is 2. The third-order valence-corrected chi connectivity index (χ3v) is 2.42. The first-order valence-corrected chi connectivity index (χ1v) is 4.91. The summed E-state index contributed by atoms with van der Waals surface area (Å²) < 4.78 is 1.72. The maximum absolute atomic E-state index is 9.17. The molecule has 1 aromatic carbocycles. The van der Waals surface area contributed by atoms with Crippen molar-refractivity contribution in [2.75, 3.05) is 0 Å². The van der Waals surface area contributed by atoms with Crippen molar-refractivity contribution < 1.29 is 5.11 Å². The lowest BCUT2D eigenvalue weighted by atomic mass is 10.1. The smallest absolute Gasteiger partial charge is 0.0957 e. The molecule has 1 N–H and O–H groups in total. The number of benzene rings is 1. The molecule has 0 radical (unpaired) electrons. The number of aliphatic hydroxyl groups is 1. The largest absolute Gasteiger partial charge is 0.390 e. The molecule has 3 heteroatoms. The lowest BCUT2D eigenvalue weighted by Gasteiger charge is -2.00. The molecule has 2 aromatic rings. The van der Waals surface area contributed by atoms with Crippen LogP contribution in [0.2, 0.25) is 0 Å². The van der Waals surface area contributed by atoms with Crippen LogP contribution in [0.1, 0.15) is 11.3 Å². The van der Waals surface area contributed by atoms with Gasteiger partial charge in [0.05, 0.1) is 12.3 Å². The van der Waals surface area contributed by atoms with Gasteiger partial charge in [-0.25, -0.2) is 0 Å². The van der Waals surface area contributed by atoms with Gasteiger partial charge in [-0.2, -0.15) is 5.10 Å². The average molecular weight is 202 g/mol.